The number of methoxy groups -OCH3 is 1. The lowest BCUT2D eigenvalue weighted by atomic mass is 10.00. The van der Waals surface area contributed by atoms with Crippen LogP contribution >= 0.6 is 0 Å². The van der Waals surface area contributed by atoms with Crippen LogP contribution < -0.4 is 5.48 Å². The number of ether oxygens (including phenoxy) is 1. The molecule has 4 heteroatoms. The van der Waals surface area contributed by atoms with Crippen molar-refractivity contribution in [1.29, 1.82) is 0 Å². The van der Waals surface area contributed by atoms with E-state index in [1.54, 1.807) is 13.8 Å². The van der Waals surface area contributed by atoms with Crippen molar-refractivity contribution in [1.82, 2.24) is 5.48 Å². The number of esters is 1. The van der Waals surface area contributed by atoms with Gasteiger partial charge in [0.05, 0.1) is 7.11 Å². The molecule has 0 aromatic rings. The predicted octanol–water partition coefficient (Wildman–Crippen LogP) is 0.697. The van der Waals surface area contributed by atoms with Gasteiger partial charge in [-0.1, -0.05) is 0 Å². The molecule has 0 spiro atoms. The Kier molecular flexibility index (Phi) is 4.07. The molecule has 0 heterocycles. The van der Waals surface area contributed by atoms with Crippen molar-refractivity contribution >= 4 is 5.97 Å². The first-order valence-electron chi connectivity index (χ1n) is 3.50. The fourth-order valence-electron chi connectivity index (χ4n) is 0.573. The standard InChI is InChI=1S/C7H15NO3/c1-7(2,8-10)5-4-6(9)11-3/h8,10H,4-5H2,1-3H3. The van der Waals surface area contributed by atoms with E-state index in [-0.39, 0.29) is 5.97 Å². The van der Waals surface area contributed by atoms with Gasteiger partial charge in [-0.3, -0.25) is 4.79 Å². The van der Waals surface area contributed by atoms with Gasteiger partial charge in [-0.25, -0.2) is 5.48 Å². The molecule has 0 aliphatic rings. The van der Waals surface area contributed by atoms with E-state index in [4.69, 9.17) is 5.21 Å². The molecule has 0 atom stereocenters. The van der Waals surface area contributed by atoms with Crippen LogP contribution in [0.1, 0.15) is 26.7 Å². The number of rotatable bonds is 4. The van der Waals surface area contributed by atoms with Crippen molar-refractivity contribution in [2.75, 3.05) is 7.11 Å². The summed E-state index contributed by atoms with van der Waals surface area (Å²) in [6.45, 7) is 3.60. The molecule has 0 aromatic carbocycles. The molecule has 11 heavy (non-hydrogen) atoms. The molecule has 0 fully saturated rings. The van der Waals surface area contributed by atoms with Crippen LogP contribution in [0.15, 0.2) is 0 Å². The first kappa shape index (κ1) is 10.4. The number of carbonyl (C=O) groups is 1. The van der Waals surface area contributed by atoms with Crippen molar-refractivity contribution in [3.8, 4) is 0 Å². The minimum absolute atomic E-state index is 0.256. The summed E-state index contributed by atoms with van der Waals surface area (Å²) in [6, 6.07) is 0. The summed E-state index contributed by atoms with van der Waals surface area (Å²) in [5.74, 6) is -0.256. The minimum Gasteiger partial charge on any atom is -0.469 e. The Hall–Kier alpha value is -0.610. The second kappa shape index (κ2) is 4.31. The summed E-state index contributed by atoms with van der Waals surface area (Å²) in [7, 11) is 1.35. The molecule has 0 unspecified atom stereocenters. The largest absolute Gasteiger partial charge is 0.469 e. The van der Waals surface area contributed by atoms with E-state index < -0.39 is 5.54 Å². The minimum atomic E-state index is -0.422. The molecule has 4 nitrogen and oxygen atoms in total. The zero-order valence-electron chi connectivity index (χ0n) is 7.18. The van der Waals surface area contributed by atoms with Crippen LogP contribution in [0.5, 0.6) is 0 Å². The summed E-state index contributed by atoms with van der Waals surface area (Å²) in [5, 5.41) is 8.58. The first-order chi connectivity index (χ1) is 5.02. The molecular formula is C7H15NO3. The fourth-order valence-corrected chi connectivity index (χ4v) is 0.573. The van der Waals surface area contributed by atoms with Crippen molar-refractivity contribution in [3.63, 3.8) is 0 Å². The molecule has 0 rings (SSSR count). The quantitative estimate of drug-likeness (QED) is 0.470. The lowest BCUT2D eigenvalue weighted by Gasteiger charge is -2.21. The molecule has 0 amide bonds. The van der Waals surface area contributed by atoms with Crippen molar-refractivity contribution in [2.24, 2.45) is 0 Å². The average Bonchev–Trinajstić information content (AvgIpc) is 2.00. The van der Waals surface area contributed by atoms with Crippen LogP contribution in [0.25, 0.3) is 0 Å². The smallest absolute Gasteiger partial charge is 0.305 e. The maximum atomic E-state index is 10.6. The Morgan fingerprint density at radius 2 is 2.18 bits per heavy atom. The number of nitrogens with one attached hydrogen (secondary N) is 1. The molecule has 0 saturated carbocycles. The Morgan fingerprint density at radius 3 is 2.55 bits per heavy atom. The number of hydrogen-bond acceptors (Lipinski definition) is 4. The SMILES string of the molecule is COC(=O)CCC(C)(C)NO. The highest BCUT2D eigenvalue weighted by atomic mass is 16.5. The van der Waals surface area contributed by atoms with Gasteiger partial charge in [-0.2, -0.15) is 0 Å². The number of hydroxylamine groups is 1. The summed E-state index contributed by atoms with van der Waals surface area (Å²) in [5.41, 5.74) is 1.69. The molecule has 66 valence electrons. The van der Waals surface area contributed by atoms with E-state index in [9.17, 15) is 4.79 Å². The van der Waals surface area contributed by atoms with Crippen molar-refractivity contribution < 1.29 is 14.7 Å². The van der Waals surface area contributed by atoms with Gasteiger partial charge in [0, 0.05) is 12.0 Å². The summed E-state index contributed by atoms with van der Waals surface area (Å²) >= 11 is 0. The van der Waals surface area contributed by atoms with Crippen molar-refractivity contribution in [3.05, 3.63) is 0 Å². The Labute approximate surface area is 66.5 Å². The zero-order chi connectivity index (χ0) is 8.91. The van der Waals surface area contributed by atoms with Gasteiger partial charge in [0.2, 0.25) is 0 Å². The zero-order valence-corrected chi connectivity index (χ0v) is 7.18. The molecule has 0 radical (unpaired) electrons. The fraction of sp³-hybridized carbons (Fsp3) is 0.857. The van der Waals surface area contributed by atoms with Gasteiger partial charge in [0.1, 0.15) is 0 Å². The van der Waals surface area contributed by atoms with Crippen molar-refractivity contribution in [2.45, 2.75) is 32.2 Å². The topological polar surface area (TPSA) is 58.6 Å². The average molecular weight is 161 g/mol. The van der Waals surface area contributed by atoms with E-state index in [0.717, 1.165) is 0 Å². The maximum absolute atomic E-state index is 10.6. The molecule has 0 saturated heterocycles. The maximum Gasteiger partial charge on any atom is 0.305 e. The number of carbonyl (C=O) groups excluding carboxylic acids is 1. The predicted molar refractivity (Wildman–Crippen MR) is 40.3 cm³/mol. The van der Waals surface area contributed by atoms with E-state index in [1.165, 1.54) is 7.11 Å². The van der Waals surface area contributed by atoms with E-state index in [2.05, 4.69) is 10.2 Å². The van der Waals surface area contributed by atoms with E-state index in [0.29, 0.717) is 12.8 Å². The van der Waals surface area contributed by atoms with Crippen LogP contribution in [0.3, 0.4) is 0 Å². The molecule has 0 aromatic heterocycles. The van der Waals surface area contributed by atoms with Crippen LogP contribution in [0.2, 0.25) is 0 Å². The third-order valence-electron chi connectivity index (χ3n) is 1.48. The highest BCUT2D eigenvalue weighted by molar-refractivity contribution is 5.69. The third-order valence-corrected chi connectivity index (χ3v) is 1.48. The Morgan fingerprint density at radius 1 is 1.64 bits per heavy atom. The lowest BCUT2D eigenvalue weighted by molar-refractivity contribution is -0.141. The van der Waals surface area contributed by atoms with Gasteiger partial charge in [-0.15, -0.1) is 0 Å². The van der Waals surface area contributed by atoms with Crippen LogP contribution in [0.4, 0.5) is 0 Å². The summed E-state index contributed by atoms with van der Waals surface area (Å²) in [6.07, 6.45) is 0.868. The highest BCUT2D eigenvalue weighted by Crippen LogP contribution is 2.09. The van der Waals surface area contributed by atoms with Crippen LogP contribution in [-0.2, 0) is 9.53 Å². The highest BCUT2D eigenvalue weighted by Gasteiger charge is 2.17. The second-order valence-electron chi connectivity index (χ2n) is 3.07. The van der Waals surface area contributed by atoms with Gasteiger partial charge in [-0.05, 0) is 20.3 Å². The van der Waals surface area contributed by atoms with Gasteiger partial charge in [0.15, 0.2) is 0 Å². The molecule has 0 aliphatic carbocycles. The van der Waals surface area contributed by atoms with Gasteiger partial charge >= 0.3 is 5.97 Å². The Bertz CT molecular complexity index is 134. The van der Waals surface area contributed by atoms with E-state index in [1.807, 2.05) is 0 Å². The second-order valence-corrected chi connectivity index (χ2v) is 3.07. The Balaban J connectivity index is 3.61. The summed E-state index contributed by atoms with van der Waals surface area (Å²) < 4.78 is 4.44. The summed E-state index contributed by atoms with van der Waals surface area (Å²) in [4.78, 5) is 10.6. The van der Waals surface area contributed by atoms with Crippen LogP contribution in [0, 0.1) is 0 Å². The lowest BCUT2D eigenvalue weighted by Crippen LogP contribution is -2.37. The normalized spacial score (nSPS) is 11.3. The van der Waals surface area contributed by atoms with E-state index >= 15 is 0 Å². The number of hydrogen-bond donors (Lipinski definition) is 2. The monoisotopic (exact) mass is 161 g/mol. The molecular weight excluding hydrogens is 146 g/mol. The molecule has 2 N–H and O–H groups in total. The van der Waals surface area contributed by atoms with Gasteiger partial charge < -0.3 is 9.94 Å². The van der Waals surface area contributed by atoms with Gasteiger partial charge in [0.25, 0.3) is 0 Å². The van der Waals surface area contributed by atoms with Crippen LogP contribution in [-0.4, -0.2) is 23.8 Å². The third kappa shape index (κ3) is 4.75. The molecule has 0 aliphatic heterocycles. The molecule has 0 bridgehead atoms. The first-order valence-corrected chi connectivity index (χ1v) is 3.50.